The molecule has 21 heavy (non-hydrogen) atoms. The van der Waals surface area contributed by atoms with Crippen LogP contribution < -0.4 is 4.74 Å². The van der Waals surface area contributed by atoms with Crippen LogP contribution in [0.2, 0.25) is 0 Å². The minimum absolute atomic E-state index is 0.195. The quantitative estimate of drug-likeness (QED) is 0.782. The first-order valence-corrected chi connectivity index (χ1v) is 6.23. The number of methoxy groups -OCH3 is 1. The van der Waals surface area contributed by atoms with Gasteiger partial charge in [0.2, 0.25) is 5.88 Å². The van der Waals surface area contributed by atoms with Gasteiger partial charge in [0.05, 0.1) is 24.7 Å². The molecule has 0 aliphatic heterocycles. The second kappa shape index (κ2) is 5.20. The second-order valence-electron chi connectivity index (χ2n) is 4.46. The number of fused-ring (bicyclic) bond motifs is 1. The number of ether oxygens (including phenoxy) is 1. The van der Waals surface area contributed by atoms with E-state index in [-0.39, 0.29) is 5.56 Å². The van der Waals surface area contributed by atoms with E-state index >= 15 is 0 Å². The van der Waals surface area contributed by atoms with Crippen molar-refractivity contribution in [2.45, 2.75) is 6.54 Å². The van der Waals surface area contributed by atoms with Crippen molar-refractivity contribution in [3.05, 3.63) is 47.7 Å². The second-order valence-corrected chi connectivity index (χ2v) is 4.46. The number of rotatable bonds is 4. The van der Waals surface area contributed by atoms with Gasteiger partial charge in [0.15, 0.2) is 0 Å². The third kappa shape index (κ3) is 2.53. The number of aromatic carboxylic acids is 1. The average Bonchev–Trinajstić information content (AvgIpc) is 2.90. The van der Waals surface area contributed by atoms with Crippen LogP contribution >= 0.6 is 0 Å². The number of aromatic nitrogens is 4. The summed E-state index contributed by atoms with van der Waals surface area (Å²) in [4.78, 5) is 15.0. The van der Waals surface area contributed by atoms with Crippen molar-refractivity contribution in [1.82, 2.24) is 20.0 Å². The van der Waals surface area contributed by atoms with E-state index in [2.05, 4.69) is 15.3 Å². The molecule has 7 nitrogen and oxygen atoms in total. The average molecular weight is 284 g/mol. The van der Waals surface area contributed by atoms with Crippen LogP contribution in [0.15, 0.2) is 36.5 Å². The molecule has 0 aliphatic carbocycles. The molecule has 106 valence electrons. The van der Waals surface area contributed by atoms with Crippen LogP contribution in [-0.2, 0) is 6.54 Å². The van der Waals surface area contributed by atoms with Crippen LogP contribution in [0.25, 0.3) is 11.0 Å². The van der Waals surface area contributed by atoms with Crippen molar-refractivity contribution in [1.29, 1.82) is 0 Å². The van der Waals surface area contributed by atoms with E-state index < -0.39 is 5.97 Å². The maximum absolute atomic E-state index is 10.9. The van der Waals surface area contributed by atoms with E-state index in [1.807, 2.05) is 12.1 Å². The summed E-state index contributed by atoms with van der Waals surface area (Å²) < 4.78 is 6.79. The lowest BCUT2D eigenvalue weighted by molar-refractivity contribution is 0.0697. The summed E-state index contributed by atoms with van der Waals surface area (Å²) in [6.45, 7) is 0.502. The molecule has 1 N–H and O–H groups in total. The SMILES string of the molecule is COc1cc(Cn2nnc3cc(C(=O)O)ccc32)ccn1. The van der Waals surface area contributed by atoms with E-state index in [0.717, 1.165) is 11.1 Å². The summed E-state index contributed by atoms with van der Waals surface area (Å²) in [7, 11) is 1.56. The molecule has 0 unspecified atom stereocenters. The van der Waals surface area contributed by atoms with E-state index in [9.17, 15) is 4.79 Å². The predicted octanol–water partition coefficient (Wildman–Crippen LogP) is 1.58. The van der Waals surface area contributed by atoms with Gasteiger partial charge in [0.1, 0.15) is 5.52 Å². The first-order chi connectivity index (χ1) is 10.2. The molecular weight excluding hydrogens is 272 g/mol. The number of carboxylic acid groups (broad SMARTS) is 1. The minimum Gasteiger partial charge on any atom is -0.481 e. The zero-order valence-electron chi connectivity index (χ0n) is 11.2. The molecule has 0 spiro atoms. The van der Waals surface area contributed by atoms with Crippen molar-refractivity contribution in [2.24, 2.45) is 0 Å². The first-order valence-electron chi connectivity index (χ1n) is 6.23. The number of nitrogens with zero attached hydrogens (tertiary/aromatic N) is 4. The van der Waals surface area contributed by atoms with Gasteiger partial charge in [0.25, 0.3) is 0 Å². The smallest absolute Gasteiger partial charge is 0.335 e. The van der Waals surface area contributed by atoms with Crippen molar-refractivity contribution in [3.8, 4) is 5.88 Å². The fourth-order valence-electron chi connectivity index (χ4n) is 2.06. The molecule has 3 aromatic rings. The Bertz CT molecular complexity index is 813. The van der Waals surface area contributed by atoms with E-state index in [1.54, 1.807) is 24.1 Å². The maximum atomic E-state index is 10.9. The van der Waals surface area contributed by atoms with Crippen LogP contribution in [0, 0.1) is 0 Å². The topological polar surface area (TPSA) is 90.1 Å². The van der Waals surface area contributed by atoms with Gasteiger partial charge in [-0.2, -0.15) is 0 Å². The Morgan fingerprint density at radius 3 is 2.95 bits per heavy atom. The Morgan fingerprint density at radius 2 is 2.19 bits per heavy atom. The molecule has 3 rings (SSSR count). The molecule has 2 heterocycles. The number of hydrogen-bond donors (Lipinski definition) is 1. The Kier molecular flexibility index (Phi) is 3.23. The van der Waals surface area contributed by atoms with E-state index in [4.69, 9.17) is 9.84 Å². The third-order valence-corrected chi connectivity index (χ3v) is 3.10. The van der Waals surface area contributed by atoms with E-state index in [0.29, 0.717) is 17.9 Å². The molecule has 0 fully saturated rings. The molecule has 0 radical (unpaired) electrons. The van der Waals surface area contributed by atoms with Crippen LogP contribution in [0.4, 0.5) is 0 Å². The van der Waals surface area contributed by atoms with Gasteiger partial charge in [-0.3, -0.25) is 0 Å². The summed E-state index contributed by atoms with van der Waals surface area (Å²) in [5.41, 5.74) is 2.49. The molecule has 7 heteroatoms. The molecule has 0 aliphatic rings. The van der Waals surface area contributed by atoms with Gasteiger partial charge in [-0.05, 0) is 29.8 Å². The van der Waals surface area contributed by atoms with Gasteiger partial charge < -0.3 is 9.84 Å². The number of benzene rings is 1. The fourth-order valence-corrected chi connectivity index (χ4v) is 2.06. The van der Waals surface area contributed by atoms with Gasteiger partial charge >= 0.3 is 5.97 Å². The highest BCUT2D eigenvalue weighted by Gasteiger charge is 2.09. The molecule has 0 saturated heterocycles. The van der Waals surface area contributed by atoms with E-state index in [1.165, 1.54) is 12.1 Å². The molecule has 1 aromatic carbocycles. The number of pyridine rings is 1. The van der Waals surface area contributed by atoms with Gasteiger partial charge in [-0.1, -0.05) is 5.21 Å². The Morgan fingerprint density at radius 1 is 1.33 bits per heavy atom. The monoisotopic (exact) mass is 284 g/mol. The van der Waals surface area contributed by atoms with Crippen LogP contribution in [-0.4, -0.2) is 38.2 Å². The summed E-state index contributed by atoms with van der Waals surface area (Å²) in [6, 6.07) is 8.43. The van der Waals surface area contributed by atoms with Crippen LogP contribution in [0.3, 0.4) is 0 Å². The predicted molar refractivity (Wildman–Crippen MR) is 74.4 cm³/mol. The summed E-state index contributed by atoms with van der Waals surface area (Å²) in [6.07, 6.45) is 1.66. The van der Waals surface area contributed by atoms with Crippen molar-refractivity contribution in [3.63, 3.8) is 0 Å². The third-order valence-electron chi connectivity index (χ3n) is 3.10. The lowest BCUT2D eigenvalue weighted by Crippen LogP contribution is -2.03. The molecule has 0 bridgehead atoms. The largest absolute Gasteiger partial charge is 0.481 e. The zero-order valence-corrected chi connectivity index (χ0v) is 11.2. The van der Waals surface area contributed by atoms with Crippen molar-refractivity contribution in [2.75, 3.05) is 7.11 Å². The Balaban J connectivity index is 1.95. The number of hydrogen-bond acceptors (Lipinski definition) is 5. The van der Waals surface area contributed by atoms with Gasteiger partial charge in [-0.25, -0.2) is 14.5 Å². The Labute approximate surface area is 119 Å². The first kappa shape index (κ1) is 13.0. The maximum Gasteiger partial charge on any atom is 0.335 e. The molecule has 0 amide bonds. The zero-order chi connectivity index (χ0) is 14.8. The fraction of sp³-hybridized carbons (Fsp3) is 0.143. The lowest BCUT2D eigenvalue weighted by atomic mass is 10.2. The lowest BCUT2D eigenvalue weighted by Gasteiger charge is -2.04. The summed E-state index contributed by atoms with van der Waals surface area (Å²) in [5.74, 6) is -0.449. The Hall–Kier alpha value is -2.96. The summed E-state index contributed by atoms with van der Waals surface area (Å²) in [5, 5.41) is 17.0. The molecule has 0 atom stereocenters. The highest BCUT2D eigenvalue weighted by Crippen LogP contribution is 2.16. The number of carbonyl (C=O) groups is 1. The molecule has 2 aromatic heterocycles. The standard InChI is InChI=1S/C14H12N4O3/c1-21-13-6-9(4-5-15-13)8-18-12-3-2-10(14(19)20)7-11(12)16-17-18/h2-7H,8H2,1H3,(H,19,20). The molecule has 0 saturated carbocycles. The van der Waals surface area contributed by atoms with Crippen LogP contribution in [0.5, 0.6) is 5.88 Å². The van der Waals surface area contributed by atoms with Crippen molar-refractivity contribution >= 4 is 17.0 Å². The van der Waals surface area contributed by atoms with Gasteiger partial charge in [0, 0.05) is 12.3 Å². The van der Waals surface area contributed by atoms with Gasteiger partial charge in [-0.15, -0.1) is 5.10 Å². The number of carboxylic acids is 1. The molecular formula is C14H12N4O3. The highest BCUT2D eigenvalue weighted by molar-refractivity contribution is 5.92. The highest BCUT2D eigenvalue weighted by atomic mass is 16.5. The normalized spacial score (nSPS) is 10.7. The minimum atomic E-state index is -0.981. The summed E-state index contributed by atoms with van der Waals surface area (Å²) >= 11 is 0. The van der Waals surface area contributed by atoms with Crippen LogP contribution in [0.1, 0.15) is 15.9 Å². The van der Waals surface area contributed by atoms with Crippen molar-refractivity contribution < 1.29 is 14.6 Å².